The molecule has 1 N–H and O–H groups in total. The van der Waals surface area contributed by atoms with Gasteiger partial charge in [0.15, 0.2) is 0 Å². The summed E-state index contributed by atoms with van der Waals surface area (Å²) in [5.41, 5.74) is 1.54. The second-order valence-electron chi connectivity index (χ2n) is 5.53. The molecule has 0 atom stereocenters. The minimum absolute atomic E-state index is 0.0893. The molecule has 1 aliphatic carbocycles. The molecule has 1 fully saturated rings. The van der Waals surface area contributed by atoms with Gasteiger partial charge in [0.05, 0.1) is 5.92 Å². The van der Waals surface area contributed by atoms with Crippen LogP contribution in [0.25, 0.3) is 0 Å². The molecule has 0 radical (unpaired) electrons. The van der Waals surface area contributed by atoms with Crippen molar-refractivity contribution in [2.45, 2.75) is 44.8 Å². The topological polar surface area (TPSA) is 29.1 Å². The molecule has 0 aliphatic heterocycles. The molecule has 1 aliphatic rings. The molecule has 2 rings (SSSR count). The van der Waals surface area contributed by atoms with E-state index in [4.69, 9.17) is 0 Å². The van der Waals surface area contributed by atoms with Gasteiger partial charge >= 0.3 is 6.18 Å². The number of nitrogens with one attached hydrogen (secondary N) is 1. The normalized spacial score (nSPS) is 22.9. The quantitative estimate of drug-likeness (QED) is 0.816. The molecule has 21 heavy (non-hydrogen) atoms. The molecule has 6 heteroatoms. The fraction of sp³-hybridized carbons (Fsp3) is 0.533. The first kappa shape index (κ1) is 16.3. The van der Waals surface area contributed by atoms with Crippen LogP contribution in [-0.4, -0.2) is 18.1 Å². The number of amides is 1. The zero-order valence-corrected chi connectivity index (χ0v) is 13.2. The highest BCUT2D eigenvalue weighted by atomic mass is 79.9. The lowest BCUT2D eigenvalue weighted by Gasteiger charge is -2.30. The van der Waals surface area contributed by atoms with Crippen molar-refractivity contribution in [1.29, 1.82) is 0 Å². The fourth-order valence-corrected chi connectivity index (χ4v) is 2.95. The number of carbonyl (C=O) groups is 1. The summed E-state index contributed by atoms with van der Waals surface area (Å²) in [6.07, 6.45) is -3.18. The molecule has 0 heterocycles. The zero-order chi connectivity index (χ0) is 15.6. The van der Waals surface area contributed by atoms with Gasteiger partial charge in [-0.2, -0.15) is 13.2 Å². The first-order valence-corrected chi connectivity index (χ1v) is 7.70. The average molecular weight is 364 g/mol. The Labute approximate surface area is 130 Å². The number of carbonyl (C=O) groups excluding carboxylic acids is 1. The van der Waals surface area contributed by atoms with Crippen molar-refractivity contribution in [2.24, 2.45) is 5.92 Å². The van der Waals surface area contributed by atoms with E-state index in [1.165, 1.54) is 0 Å². The van der Waals surface area contributed by atoms with Crippen molar-refractivity contribution < 1.29 is 18.0 Å². The maximum Gasteiger partial charge on any atom is 0.391 e. The average Bonchev–Trinajstić information content (AvgIpc) is 2.41. The van der Waals surface area contributed by atoms with E-state index in [-0.39, 0.29) is 24.8 Å². The Morgan fingerprint density at radius 2 is 1.86 bits per heavy atom. The number of hydrogen-bond acceptors (Lipinski definition) is 1. The summed E-state index contributed by atoms with van der Waals surface area (Å²) in [4.78, 5) is 12.1. The Kier molecular flexibility index (Phi) is 4.96. The van der Waals surface area contributed by atoms with Crippen LogP contribution < -0.4 is 5.32 Å². The third-order valence-corrected chi connectivity index (χ3v) is 4.81. The highest BCUT2D eigenvalue weighted by Crippen LogP contribution is 2.37. The summed E-state index contributed by atoms with van der Waals surface area (Å²) in [6, 6.07) is 5.11. The van der Waals surface area contributed by atoms with Gasteiger partial charge in [0, 0.05) is 16.1 Å². The van der Waals surface area contributed by atoms with E-state index in [0.717, 1.165) is 10.0 Å². The predicted octanol–water partition coefficient (Wildman–Crippen LogP) is 4.61. The molecule has 1 aromatic carbocycles. The van der Waals surface area contributed by atoms with E-state index in [1.54, 1.807) is 12.1 Å². The standard InChI is InChI=1S/C15H17BrF3NO/c1-9-2-3-10(8-13(9)16)14(21)20-12-6-4-11(5-7-12)15(17,18)19/h2-3,8,11-12H,4-7H2,1H3,(H,20,21). The van der Waals surface area contributed by atoms with Gasteiger partial charge in [-0.15, -0.1) is 0 Å². The maximum absolute atomic E-state index is 12.6. The molecule has 0 spiro atoms. The van der Waals surface area contributed by atoms with E-state index >= 15 is 0 Å². The van der Waals surface area contributed by atoms with Crippen molar-refractivity contribution in [1.82, 2.24) is 5.32 Å². The van der Waals surface area contributed by atoms with Gasteiger partial charge in [0.25, 0.3) is 5.91 Å². The summed E-state index contributed by atoms with van der Waals surface area (Å²) in [7, 11) is 0. The second kappa shape index (κ2) is 6.38. The first-order valence-electron chi connectivity index (χ1n) is 6.91. The van der Waals surface area contributed by atoms with Crippen molar-refractivity contribution in [3.63, 3.8) is 0 Å². The van der Waals surface area contributed by atoms with E-state index < -0.39 is 12.1 Å². The molecule has 116 valence electrons. The Morgan fingerprint density at radius 3 is 2.38 bits per heavy atom. The first-order chi connectivity index (χ1) is 9.77. The molecule has 1 amide bonds. The maximum atomic E-state index is 12.6. The monoisotopic (exact) mass is 363 g/mol. The van der Waals surface area contributed by atoms with Gasteiger partial charge in [-0.25, -0.2) is 0 Å². The van der Waals surface area contributed by atoms with Crippen molar-refractivity contribution in [2.75, 3.05) is 0 Å². The molecule has 0 saturated heterocycles. The van der Waals surface area contributed by atoms with E-state index in [0.29, 0.717) is 18.4 Å². The van der Waals surface area contributed by atoms with Crippen LogP contribution in [-0.2, 0) is 0 Å². The molecule has 0 bridgehead atoms. The van der Waals surface area contributed by atoms with Crippen molar-refractivity contribution in [3.8, 4) is 0 Å². The summed E-state index contributed by atoms with van der Waals surface area (Å²) in [5, 5.41) is 2.83. The van der Waals surface area contributed by atoms with Crippen LogP contribution in [0.3, 0.4) is 0 Å². The second-order valence-corrected chi connectivity index (χ2v) is 6.38. The SMILES string of the molecule is Cc1ccc(C(=O)NC2CCC(C(F)(F)F)CC2)cc1Br. The number of rotatable bonds is 2. The molecule has 0 aromatic heterocycles. The highest BCUT2D eigenvalue weighted by molar-refractivity contribution is 9.10. The minimum atomic E-state index is -4.11. The number of alkyl halides is 3. The van der Waals surface area contributed by atoms with Gasteiger partial charge in [0.2, 0.25) is 0 Å². The molecule has 2 nitrogen and oxygen atoms in total. The zero-order valence-electron chi connectivity index (χ0n) is 11.6. The van der Waals surface area contributed by atoms with Crippen molar-refractivity contribution >= 4 is 21.8 Å². The lowest BCUT2D eigenvalue weighted by atomic mass is 9.85. The molecule has 0 unspecified atom stereocenters. The van der Waals surface area contributed by atoms with Crippen molar-refractivity contribution in [3.05, 3.63) is 33.8 Å². The minimum Gasteiger partial charge on any atom is -0.349 e. The lowest BCUT2D eigenvalue weighted by molar-refractivity contribution is -0.182. The van der Waals surface area contributed by atoms with Gasteiger partial charge in [-0.3, -0.25) is 4.79 Å². The van der Waals surface area contributed by atoms with Gasteiger partial charge in [0.1, 0.15) is 0 Å². The van der Waals surface area contributed by atoms with Crippen LogP contribution in [0.1, 0.15) is 41.6 Å². The predicted molar refractivity (Wildman–Crippen MR) is 78.1 cm³/mol. The van der Waals surface area contributed by atoms with Gasteiger partial charge < -0.3 is 5.32 Å². The number of aryl methyl sites for hydroxylation is 1. The van der Waals surface area contributed by atoms with Crippen LogP contribution in [0.2, 0.25) is 0 Å². The Bertz CT molecular complexity index is 522. The Balaban J connectivity index is 1.91. The largest absolute Gasteiger partial charge is 0.391 e. The van der Waals surface area contributed by atoms with Crippen LogP contribution >= 0.6 is 15.9 Å². The third-order valence-electron chi connectivity index (χ3n) is 3.96. The molecular formula is C15H17BrF3NO. The Morgan fingerprint density at radius 1 is 1.24 bits per heavy atom. The fourth-order valence-electron chi connectivity index (χ4n) is 2.57. The van der Waals surface area contributed by atoms with Gasteiger partial charge in [-0.05, 0) is 50.3 Å². The number of halogens is 4. The summed E-state index contributed by atoms with van der Waals surface area (Å²) in [6.45, 7) is 1.92. The molecule has 1 aromatic rings. The Hall–Kier alpha value is -1.04. The van der Waals surface area contributed by atoms with Crippen LogP contribution in [0.15, 0.2) is 22.7 Å². The third kappa shape index (κ3) is 4.22. The summed E-state index contributed by atoms with van der Waals surface area (Å²) in [5.74, 6) is -1.45. The van der Waals surface area contributed by atoms with Crippen LogP contribution in [0.5, 0.6) is 0 Å². The van der Waals surface area contributed by atoms with Crippen LogP contribution in [0, 0.1) is 12.8 Å². The van der Waals surface area contributed by atoms with E-state index in [2.05, 4.69) is 21.2 Å². The van der Waals surface area contributed by atoms with E-state index in [1.807, 2.05) is 13.0 Å². The molecule has 1 saturated carbocycles. The summed E-state index contributed by atoms with van der Waals surface area (Å²) >= 11 is 3.36. The molecular weight excluding hydrogens is 347 g/mol. The van der Waals surface area contributed by atoms with Gasteiger partial charge in [-0.1, -0.05) is 22.0 Å². The smallest absolute Gasteiger partial charge is 0.349 e. The number of hydrogen-bond donors (Lipinski definition) is 1. The van der Waals surface area contributed by atoms with Crippen LogP contribution in [0.4, 0.5) is 13.2 Å². The highest BCUT2D eigenvalue weighted by Gasteiger charge is 2.41. The van der Waals surface area contributed by atoms with E-state index in [9.17, 15) is 18.0 Å². The summed E-state index contributed by atoms with van der Waals surface area (Å²) < 4.78 is 38.6. The lowest BCUT2D eigenvalue weighted by Crippen LogP contribution is -2.40. The number of benzene rings is 1.